The minimum Gasteiger partial charge on any atom is -0.339 e. The minimum atomic E-state index is -0.514. The third-order valence-electron chi connectivity index (χ3n) is 5.31. The number of nitrogens with zero attached hydrogens (tertiary/aromatic N) is 4. The summed E-state index contributed by atoms with van der Waals surface area (Å²) in [6, 6.07) is 4.97. The third kappa shape index (κ3) is 4.09. The predicted molar refractivity (Wildman–Crippen MR) is 114 cm³/mol. The van der Waals surface area contributed by atoms with Gasteiger partial charge in [0.1, 0.15) is 6.04 Å². The van der Waals surface area contributed by atoms with Crippen LogP contribution in [0.5, 0.6) is 0 Å². The second kappa shape index (κ2) is 7.92. The third-order valence-corrected chi connectivity index (χ3v) is 5.77. The molecule has 0 spiro atoms. The Morgan fingerprint density at radius 3 is 2.62 bits per heavy atom. The van der Waals surface area contributed by atoms with Crippen LogP contribution < -0.4 is 0 Å². The van der Waals surface area contributed by atoms with Gasteiger partial charge in [-0.3, -0.25) is 9.59 Å². The molecule has 0 fully saturated rings. The molecule has 0 radical (unpaired) electrons. The lowest BCUT2D eigenvalue weighted by Gasteiger charge is -2.37. The van der Waals surface area contributed by atoms with Crippen molar-refractivity contribution in [2.24, 2.45) is 0 Å². The number of fused-ring (bicyclic) bond motifs is 1. The molecular weight excluding hydrogens is 411 g/mol. The van der Waals surface area contributed by atoms with E-state index in [0.717, 1.165) is 5.56 Å². The fraction of sp³-hybridized carbons (Fsp3) is 0.429. The standard InChI is InChI=1S/C21H24Cl2N4O2/c1-6-16(19(29)26(5)21(2,3)4)27-11-13-8-7-12(9-14(13)18(27)28)17-15(22)10-24-20(23)25-17/h7-10,16H,6,11H2,1-5H3. The van der Waals surface area contributed by atoms with Crippen LogP contribution in [0.2, 0.25) is 10.3 Å². The molecule has 3 rings (SSSR count). The maximum absolute atomic E-state index is 13.2. The number of benzene rings is 1. The Hall–Kier alpha value is -2.18. The molecule has 29 heavy (non-hydrogen) atoms. The summed E-state index contributed by atoms with van der Waals surface area (Å²) in [6.45, 7) is 8.24. The molecule has 1 aromatic carbocycles. The van der Waals surface area contributed by atoms with Crippen molar-refractivity contribution < 1.29 is 9.59 Å². The molecule has 1 unspecified atom stereocenters. The first-order valence-electron chi connectivity index (χ1n) is 9.44. The molecule has 1 aliphatic heterocycles. The molecule has 6 nitrogen and oxygen atoms in total. The van der Waals surface area contributed by atoms with Gasteiger partial charge in [0, 0.05) is 30.3 Å². The SMILES string of the molecule is CCC(C(=O)N(C)C(C)(C)C)N1Cc2ccc(-c3nc(Cl)ncc3Cl)cc2C1=O. The Kier molecular flexibility index (Phi) is 5.88. The van der Waals surface area contributed by atoms with E-state index in [9.17, 15) is 9.59 Å². The molecule has 1 aliphatic rings. The Morgan fingerprint density at radius 1 is 1.31 bits per heavy atom. The Bertz CT molecular complexity index is 972. The zero-order valence-corrected chi connectivity index (χ0v) is 18.7. The zero-order chi connectivity index (χ0) is 21.5. The summed E-state index contributed by atoms with van der Waals surface area (Å²) >= 11 is 12.1. The van der Waals surface area contributed by atoms with Crippen molar-refractivity contribution in [3.8, 4) is 11.3 Å². The molecule has 154 valence electrons. The summed E-state index contributed by atoms with van der Waals surface area (Å²) in [4.78, 5) is 37.6. The van der Waals surface area contributed by atoms with Crippen molar-refractivity contribution in [3.05, 3.63) is 45.8 Å². The summed E-state index contributed by atoms with van der Waals surface area (Å²) in [5.41, 5.74) is 2.25. The number of likely N-dealkylation sites (N-methyl/N-ethyl adjacent to an activating group) is 1. The number of halogens is 2. The Balaban J connectivity index is 1.93. The van der Waals surface area contributed by atoms with Crippen LogP contribution in [0, 0.1) is 0 Å². The largest absolute Gasteiger partial charge is 0.339 e. The van der Waals surface area contributed by atoms with Crippen molar-refractivity contribution >= 4 is 35.0 Å². The lowest BCUT2D eigenvalue weighted by molar-refractivity contribution is -0.139. The van der Waals surface area contributed by atoms with Crippen LogP contribution in [0.1, 0.15) is 50.0 Å². The van der Waals surface area contributed by atoms with E-state index < -0.39 is 6.04 Å². The number of amides is 2. The first-order chi connectivity index (χ1) is 13.5. The molecule has 0 saturated heterocycles. The molecule has 0 bridgehead atoms. The quantitative estimate of drug-likeness (QED) is 0.666. The van der Waals surface area contributed by atoms with Gasteiger partial charge in [0.2, 0.25) is 11.2 Å². The number of hydrogen-bond donors (Lipinski definition) is 0. The highest BCUT2D eigenvalue weighted by molar-refractivity contribution is 6.33. The van der Waals surface area contributed by atoms with Crippen LogP contribution >= 0.6 is 23.2 Å². The highest BCUT2D eigenvalue weighted by atomic mass is 35.5. The van der Waals surface area contributed by atoms with Gasteiger partial charge < -0.3 is 9.80 Å². The molecule has 8 heteroatoms. The fourth-order valence-electron chi connectivity index (χ4n) is 3.35. The second-order valence-corrected chi connectivity index (χ2v) is 8.88. The zero-order valence-electron chi connectivity index (χ0n) is 17.2. The summed E-state index contributed by atoms with van der Waals surface area (Å²) in [5, 5.41) is 0.435. The van der Waals surface area contributed by atoms with Crippen molar-refractivity contribution in [2.45, 2.75) is 52.2 Å². The Morgan fingerprint density at radius 2 is 2.00 bits per heavy atom. The van der Waals surface area contributed by atoms with Gasteiger partial charge in [0.05, 0.1) is 16.9 Å². The van der Waals surface area contributed by atoms with Gasteiger partial charge in [-0.05, 0) is 50.4 Å². The lowest BCUT2D eigenvalue weighted by atomic mass is 10.0. The van der Waals surface area contributed by atoms with E-state index in [0.29, 0.717) is 34.8 Å². The molecule has 1 atom stereocenters. The number of carbonyl (C=O) groups is 2. The highest BCUT2D eigenvalue weighted by Gasteiger charge is 2.38. The number of hydrogen-bond acceptors (Lipinski definition) is 4. The van der Waals surface area contributed by atoms with Gasteiger partial charge in [-0.15, -0.1) is 0 Å². The smallest absolute Gasteiger partial charge is 0.255 e. The van der Waals surface area contributed by atoms with Crippen LogP contribution in [0.15, 0.2) is 24.4 Å². The van der Waals surface area contributed by atoms with E-state index >= 15 is 0 Å². The second-order valence-electron chi connectivity index (χ2n) is 8.13. The maximum atomic E-state index is 13.2. The van der Waals surface area contributed by atoms with E-state index in [2.05, 4.69) is 9.97 Å². The molecule has 0 N–H and O–H groups in total. The molecule has 2 aromatic rings. The average Bonchev–Trinajstić information content (AvgIpc) is 2.99. The van der Waals surface area contributed by atoms with Gasteiger partial charge >= 0.3 is 0 Å². The normalized spacial score (nSPS) is 14.7. The Labute approximate surface area is 180 Å². The van der Waals surface area contributed by atoms with E-state index in [1.165, 1.54) is 6.20 Å². The number of rotatable bonds is 4. The molecular formula is C21H24Cl2N4O2. The van der Waals surface area contributed by atoms with Gasteiger partial charge in [0.25, 0.3) is 5.91 Å². The fourth-order valence-corrected chi connectivity index (χ4v) is 3.69. The monoisotopic (exact) mass is 434 g/mol. The van der Waals surface area contributed by atoms with Crippen LogP contribution in [0.3, 0.4) is 0 Å². The summed E-state index contributed by atoms with van der Waals surface area (Å²) < 4.78 is 0. The maximum Gasteiger partial charge on any atom is 0.255 e. The number of aromatic nitrogens is 2. The van der Waals surface area contributed by atoms with Gasteiger partial charge in [0.15, 0.2) is 0 Å². The first-order valence-corrected chi connectivity index (χ1v) is 10.2. The molecule has 2 amide bonds. The van der Waals surface area contributed by atoms with Crippen molar-refractivity contribution in [1.82, 2.24) is 19.8 Å². The van der Waals surface area contributed by atoms with Crippen molar-refractivity contribution in [3.63, 3.8) is 0 Å². The average molecular weight is 435 g/mol. The van der Waals surface area contributed by atoms with Crippen LogP contribution in [-0.4, -0.2) is 50.2 Å². The molecule has 0 aliphatic carbocycles. The predicted octanol–water partition coefficient (Wildman–Crippen LogP) is 4.44. The molecule has 2 heterocycles. The van der Waals surface area contributed by atoms with Gasteiger partial charge in [-0.25, -0.2) is 9.97 Å². The van der Waals surface area contributed by atoms with E-state index in [4.69, 9.17) is 23.2 Å². The molecule has 0 saturated carbocycles. The van der Waals surface area contributed by atoms with Crippen molar-refractivity contribution in [2.75, 3.05) is 7.05 Å². The lowest BCUT2D eigenvalue weighted by Crippen LogP contribution is -2.52. The van der Waals surface area contributed by atoms with Crippen LogP contribution in [0.25, 0.3) is 11.3 Å². The van der Waals surface area contributed by atoms with Crippen LogP contribution in [0.4, 0.5) is 0 Å². The molecule has 1 aromatic heterocycles. The van der Waals surface area contributed by atoms with Gasteiger partial charge in [-0.2, -0.15) is 0 Å². The topological polar surface area (TPSA) is 66.4 Å². The first kappa shape index (κ1) is 21.5. The van der Waals surface area contributed by atoms with Crippen molar-refractivity contribution in [1.29, 1.82) is 0 Å². The summed E-state index contributed by atoms with van der Waals surface area (Å²) in [5.74, 6) is -0.229. The van der Waals surface area contributed by atoms with Crippen LogP contribution in [-0.2, 0) is 11.3 Å². The van der Waals surface area contributed by atoms with Gasteiger partial charge in [-0.1, -0.05) is 30.7 Å². The highest BCUT2D eigenvalue weighted by Crippen LogP contribution is 2.33. The summed E-state index contributed by atoms with van der Waals surface area (Å²) in [6.07, 6.45) is 1.97. The van der Waals surface area contributed by atoms with E-state index in [-0.39, 0.29) is 22.6 Å². The summed E-state index contributed by atoms with van der Waals surface area (Å²) in [7, 11) is 1.78. The van der Waals surface area contributed by atoms with E-state index in [1.54, 1.807) is 22.9 Å². The number of carbonyl (C=O) groups excluding carboxylic acids is 2. The van der Waals surface area contributed by atoms with E-state index in [1.807, 2.05) is 39.8 Å². The minimum absolute atomic E-state index is 0.0630.